The van der Waals surface area contributed by atoms with Gasteiger partial charge in [0.15, 0.2) is 0 Å². The van der Waals surface area contributed by atoms with Gasteiger partial charge in [0.05, 0.1) is 0 Å². The Labute approximate surface area is 122 Å². The van der Waals surface area contributed by atoms with Crippen molar-refractivity contribution in [2.24, 2.45) is 0 Å². The SMILES string of the molecule is CSCC(C)N1C(=O)C2(CC2)NC1c1cccc(F)c1. The van der Waals surface area contributed by atoms with Crippen molar-refractivity contribution in [2.75, 3.05) is 12.0 Å². The third-order valence-electron chi connectivity index (χ3n) is 4.13. The Bertz CT molecular complexity index is 532. The first-order chi connectivity index (χ1) is 9.57. The fourth-order valence-corrected chi connectivity index (χ4v) is 3.58. The molecule has 0 aromatic heterocycles. The summed E-state index contributed by atoms with van der Waals surface area (Å²) in [5.41, 5.74) is 0.457. The second kappa shape index (κ2) is 5.04. The van der Waals surface area contributed by atoms with Crippen molar-refractivity contribution in [2.45, 2.75) is 37.5 Å². The standard InChI is InChI=1S/C15H19FN2OS/c1-10(9-20-2)18-13(11-4-3-5-12(16)8-11)17-15(6-7-15)14(18)19/h3-5,8,10,13,17H,6-7,9H2,1-2H3. The Morgan fingerprint density at radius 2 is 2.30 bits per heavy atom. The lowest BCUT2D eigenvalue weighted by atomic mass is 10.1. The van der Waals surface area contributed by atoms with Gasteiger partial charge in [-0.05, 0) is 43.7 Å². The molecule has 2 aliphatic rings. The summed E-state index contributed by atoms with van der Waals surface area (Å²) in [6.45, 7) is 2.06. The number of benzene rings is 1. The molecule has 2 fully saturated rings. The molecule has 2 atom stereocenters. The Balaban J connectivity index is 1.93. The van der Waals surface area contributed by atoms with Gasteiger partial charge in [-0.1, -0.05) is 12.1 Å². The highest BCUT2D eigenvalue weighted by molar-refractivity contribution is 7.98. The molecule has 1 aromatic rings. The van der Waals surface area contributed by atoms with Crippen molar-refractivity contribution in [3.05, 3.63) is 35.6 Å². The Morgan fingerprint density at radius 3 is 2.90 bits per heavy atom. The zero-order valence-corrected chi connectivity index (χ0v) is 12.5. The highest BCUT2D eigenvalue weighted by Gasteiger charge is 2.60. The molecule has 2 unspecified atom stereocenters. The van der Waals surface area contributed by atoms with Crippen LogP contribution in [0.25, 0.3) is 0 Å². The lowest BCUT2D eigenvalue weighted by Gasteiger charge is -2.30. The minimum Gasteiger partial charge on any atom is -0.318 e. The molecule has 1 N–H and O–H groups in total. The number of amides is 1. The van der Waals surface area contributed by atoms with E-state index in [1.165, 1.54) is 12.1 Å². The topological polar surface area (TPSA) is 32.3 Å². The molecule has 1 saturated heterocycles. The zero-order chi connectivity index (χ0) is 14.3. The number of nitrogens with one attached hydrogen (secondary N) is 1. The van der Waals surface area contributed by atoms with E-state index in [-0.39, 0.29) is 29.5 Å². The van der Waals surface area contributed by atoms with Crippen molar-refractivity contribution < 1.29 is 9.18 Å². The molecule has 0 bridgehead atoms. The molecule has 1 saturated carbocycles. The van der Waals surface area contributed by atoms with E-state index in [0.717, 1.165) is 24.2 Å². The normalized spacial score (nSPS) is 25.2. The van der Waals surface area contributed by atoms with Gasteiger partial charge < -0.3 is 4.90 Å². The van der Waals surface area contributed by atoms with Crippen LogP contribution < -0.4 is 5.32 Å². The van der Waals surface area contributed by atoms with Crippen LogP contribution in [0.4, 0.5) is 4.39 Å². The number of carbonyl (C=O) groups is 1. The molecule has 3 nitrogen and oxygen atoms in total. The minimum absolute atomic E-state index is 0.137. The van der Waals surface area contributed by atoms with E-state index in [9.17, 15) is 9.18 Å². The number of halogens is 1. The molecule has 0 radical (unpaired) electrons. The molecule has 1 heterocycles. The van der Waals surface area contributed by atoms with Gasteiger partial charge in [0, 0.05) is 11.8 Å². The predicted molar refractivity (Wildman–Crippen MR) is 78.9 cm³/mol. The van der Waals surface area contributed by atoms with E-state index in [4.69, 9.17) is 0 Å². The molecule has 1 amide bonds. The highest BCUT2D eigenvalue weighted by Crippen LogP contribution is 2.46. The summed E-state index contributed by atoms with van der Waals surface area (Å²) in [6, 6.07) is 6.67. The zero-order valence-electron chi connectivity index (χ0n) is 11.7. The fourth-order valence-electron chi connectivity index (χ4n) is 2.94. The van der Waals surface area contributed by atoms with Crippen LogP contribution in [-0.2, 0) is 4.79 Å². The van der Waals surface area contributed by atoms with Crippen molar-refractivity contribution in [1.82, 2.24) is 10.2 Å². The summed E-state index contributed by atoms with van der Waals surface area (Å²) in [5, 5.41) is 3.42. The highest BCUT2D eigenvalue weighted by atomic mass is 32.2. The minimum atomic E-state index is -0.371. The van der Waals surface area contributed by atoms with Crippen molar-refractivity contribution in [3.8, 4) is 0 Å². The summed E-state index contributed by atoms with van der Waals surface area (Å²) in [7, 11) is 0. The van der Waals surface area contributed by atoms with Crippen LogP contribution in [0, 0.1) is 5.82 Å². The third-order valence-corrected chi connectivity index (χ3v) is 4.95. The first-order valence-corrected chi connectivity index (χ1v) is 8.32. The summed E-state index contributed by atoms with van der Waals surface area (Å²) < 4.78 is 13.5. The maximum Gasteiger partial charge on any atom is 0.244 e. The number of carbonyl (C=O) groups excluding carboxylic acids is 1. The summed E-state index contributed by atoms with van der Waals surface area (Å²) >= 11 is 1.72. The smallest absolute Gasteiger partial charge is 0.244 e. The molecule has 1 aromatic carbocycles. The van der Waals surface area contributed by atoms with E-state index in [1.54, 1.807) is 17.8 Å². The van der Waals surface area contributed by atoms with E-state index >= 15 is 0 Å². The fraction of sp³-hybridized carbons (Fsp3) is 0.533. The first-order valence-electron chi connectivity index (χ1n) is 6.92. The van der Waals surface area contributed by atoms with E-state index in [2.05, 4.69) is 12.2 Å². The third kappa shape index (κ3) is 2.23. The molecule has 1 aliphatic carbocycles. The molecule has 3 rings (SSSR count). The van der Waals surface area contributed by atoms with Crippen molar-refractivity contribution in [1.29, 1.82) is 0 Å². The van der Waals surface area contributed by atoms with Crippen LogP contribution in [0.5, 0.6) is 0 Å². The molecule has 5 heteroatoms. The first kappa shape index (κ1) is 13.9. The van der Waals surface area contributed by atoms with Gasteiger partial charge in [-0.25, -0.2) is 4.39 Å². The number of hydrogen-bond donors (Lipinski definition) is 1. The van der Waals surface area contributed by atoms with Crippen LogP contribution in [0.15, 0.2) is 24.3 Å². The molecular formula is C15H19FN2OS. The van der Waals surface area contributed by atoms with Gasteiger partial charge in [0.25, 0.3) is 0 Å². The lowest BCUT2D eigenvalue weighted by molar-refractivity contribution is -0.132. The summed E-state index contributed by atoms with van der Waals surface area (Å²) in [5.74, 6) is 0.800. The maximum atomic E-state index is 13.5. The Kier molecular flexibility index (Phi) is 3.50. The summed E-state index contributed by atoms with van der Waals surface area (Å²) in [4.78, 5) is 14.5. The molecule has 1 spiro atoms. The maximum absolute atomic E-state index is 13.5. The quantitative estimate of drug-likeness (QED) is 0.926. The van der Waals surface area contributed by atoms with Crippen LogP contribution >= 0.6 is 11.8 Å². The van der Waals surface area contributed by atoms with E-state index < -0.39 is 0 Å². The average molecular weight is 294 g/mol. The van der Waals surface area contributed by atoms with Crippen LogP contribution in [-0.4, -0.2) is 34.4 Å². The number of thioether (sulfide) groups is 1. The van der Waals surface area contributed by atoms with Crippen LogP contribution in [0.1, 0.15) is 31.5 Å². The molecule has 1 aliphatic heterocycles. The van der Waals surface area contributed by atoms with Gasteiger partial charge >= 0.3 is 0 Å². The lowest BCUT2D eigenvalue weighted by Crippen LogP contribution is -2.40. The van der Waals surface area contributed by atoms with Crippen LogP contribution in [0.3, 0.4) is 0 Å². The Hall–Kier alpha value is -1.07. The molecule has 108 valence electrons. The average Bonchev–Trinajstić information content (AvgIpc) is 3.12. The van der Waals surface area contributed by atoms with Gasteiger partial charge in [-0.2, -0.15) is 11.8 Å². The number of rotatable bonds is 4. The predicted octanol–water partition coefficient (Wildman–Crippen LogP) is 2.54. The second-order valence-electron chi connectivity index (χ2n) is 5.70. The van der Waals surface area contributed by atoms with E-state index in [1.807, 2.05) is 17.2 Å². The van der Waals surface area contributed by atoms with Crippen molar-refractivity contribution >= 4 is 17.7 Å². The van der Waals surface area contributed by atoms with Gasteiger partial charge in [0.1, 0.15) is 17.5 Å². The second-order valence-corrected chi connectivity index (χ2v) is 6.61. The molecular weight excluding hydrogens is 275 g/mol. The van der Waals surface area contributed by atoms with E-state index in [0.29, 0.717) is 0 Å². The summed E-state index contributed by atoms with van der Waals surface area (Å²) in [6.07, 6.45) is 3.61. The van der Waals surface area contributed by atoms with Gasteiger partial charge in [-0.15, -0.1) is 0 Å². The van der Waals surface area contributed by atoms with Gasteiger partial charge in [0.2, 0.25) is 5.91 Å². The number of hydrogen-bond acceptors (Lipinski definition) is 3. The van der Waals surface area contributed by atoms with Gasteiger partial charge in [-0.3, -0.25) is 10.1 Å². The largest absolute Gasteiger partial charge is 0.318 e. The monoisotopic (exact) mass is 294 g/mol. The number of nitrogens with zero attached hydrogens (tertiary/aromatic N) is 1. The van der Waals surface area contributed by atoms with Crippen LogP contribution in [0.2, 0.25) is 0 Å². The Morgan fingerprint density at radius 1 is 1.55 bits per heavy atom. The van der Waals surface area contributed by atoms with Crippen molar-refractivity contribution in [3.63, 3.8) is 0 Å². The molecule has 20 heavy (non-hydrogen) atoms.